The second kappa shape index (κ2) is 6.40. The first-order chi connectivity index (χ1) is 12.5. The number of dihydropyridines is 1. The standard InChI is InChI=1S/C21H21NO3S/c1-11-17(12(2)23)18(15-10-26-16-7-5-4-6-14(15)16)19(21(24)25-3)20(22-11)13-8-9-13/h4-7,10,13,18,22H,8-9H2,1-3H3. The van der Waals surface area contributed by atoms with E-state index in [1.807, 2.05) is 19.1 Å². The Morgan fingerprint density at radius 3 is 2.58 bits per heavy atom. The number of Topliss-reactive ketones (excluding diaryl/α,β-unsaturated/α-hetero) is 1. The molecule has 0 spiro atoms. The average molecular weight is 367 g/mol. The van der Waals surface area contributed by atoms with Crippen molar-refractivity contribution < 1.29 is 14.3 Å². The Bertz CT molecular complexity index is 978. The molecule has 0 amide bonds. The molecule has 0 bridgehead atoms. The van der Waals surface area contributed by atoms with Gasteiger partial charge in [0.2, 0.25) is 0 Å². The lowest BCUT2D eigenvalue weighted by molar-refractivity contribution is -0.136. The van der Waals surface area contributed by atoms with Crippen molar-refractivity contribution >= 4 is 33.2 Å². The lowest BCUT2D eigenvalue weighted by atomic mass is 9.78. The van der Waals surface area contributed by atoms with Gasteiger partial charge in [-0.1, -0.05) is 18.2 Å². The lowest BCUT2D eigenvalue weighted by Gasteiger charge is -2.31. The molecule has 134 valence electrons. The summed E-state index contributed by atoms with van der Waals surface area (Å²) in [5.41, 5.74) is 4.02. The Morgan fingerprint density at radius 1 is 1.19 bits per heavy atom. The molecule has 1 N–H and O–H groups in total. The van der Waals surface area contributed by atoms with Gasteiger partial charge >= 0.3 is 5.97 Å². The van der Waals surface area contributed by atoms with Gasteiger partial charge in [0, 0.05) is 27.6 Å². The Hall–Kier alpha value is -2.40. The third-order valence-electron chi connectivity index (χ3n) is 5.19. The normalized spacial score (nSPS) is 20.3. The third-order valence-corrected chi connectivity index (χ3v) is 6.17. The van der Waals surface area contributed by atoms with E-state index in [0.717, 1.165) is 39.9 Å². The van der Waals surface area contributed by atoms with Gasteiger partial charge in [0.05, 0.1) is 12.7 Å². The first-order valence-corrected chi connectivity index (χ1v) is 9.68. The smallest absolute Gasteiger partial charge is 0.336 e. The molecule has 0 radical (unpaired) electrons. The molecule has 1 aromatic heterocycles. The summed E-state index contributed by atoms with van der Waals surface area (Å²) in [4.78, 5) is 25.3. The third kappa shape index (κ3) is 2.67. The minimum Gasteiger partial charge on any atom is -0.466 e. The summed E-state index contributed by atoms with van der Waals surface area (Å²) in [6.07, 6.45) is 2.12. The fraction of sp³-hybridized carbons (Fsp3) is 0.333. The maximum atomic E-state index is 12.8. The number of thiophene rings is 1. The van der Waals surface area contributed by atoms with Crippen molar-refractivity contribution in [1.29, 1.82) is 0 Å². The SMILES string of the molecule is COC(=O)C1=C(C2CC2)NC(C)=C(C(C)=O)C1c1csc2ccccc12. The zero-order chi connectivity index (χ0) is 18.4. The zero-order valence-corrected chi connectivity index (χ0v) is 15.9. The highest BCUT2D eigenvalue weighted by Gasteiger charge is 2.42. The fourth-order valence-corrected chi connectivity index (χ4v) is 4.87. The van der Waals surface area contributed by atoms with Crippen LogP contribution in [0.4, 0.5) is 0 Å². The summed E-state index contributed by atoms with van der Waals surface area (Å²) < 4.78 is 6.29. The van der Waals surface area contributed by atoms with Gasteiger partial charge in [0.25, 0.3) is 0 Å². The molecule has 2 heterocycles. The van der Waals surface area contributed by atoms with Crippen LogP contribution in [0.15, 0.2) is 52.2 Å². The summed E-state index contributed by atoms with van der Waals surface area (Å²) in [5.74, 6) is -0.412. The topological polar surface area (TPSA) is 55.4 Å². The van der Waals surface area contributed by atoms with Crippen LogP contribution < -0.4 is 5.32 Å². The van der Waals surface area contributed by atoms with Gasteiger partial charge in [0.1, 0.15) is 0 Å². The van der Waals surface area contributed by atoms with E-state index in [9.17, 15) is 9.59 Å². The predicted octanol–water partition coefficient (Wildman–Crippen LogP) is 4.29. The molecule has 1 fully saturated rings. The molecule has 1 aromatic carbocycles. The molecule has 26 heavy (non-hydrogen) atoms. The van der Waals surface area contributed by atoms with Crippen LogP contribution >= 0.6 is 11.3 Å². The summed E-state index contributed by atoms with van der Waals surface area (Å²) in [5, 5.41) is 6.52. The molecule has 2 aromatic rings. The van der Waals surface area contributed by atoms with Gasteiger partial charge in [-0.3, -0.25) is 4.79 Å². The first-order valence-electron chi connectivity index (χ1n) is 8.80. The highest BCUT2D eigenvalue weighted by molar-refractivity contribution is 7.17. The first kappa shape index (κ1) is 17.0. The Balaban J connectivity index is 1.99. The molecule has 2 aliphatic rings. The van der Waals surface area contributed by atoms with Crippen molar-refractivity contribution in [3.8, 4) is 0 Å². The van der Waals surface area contributed by atoms with Gasteiger partial charge in [0.15, 0.2) is 5.78 Å². The van der Waals surface area contributed by atoms with Gasteiger partial charge in [-0.2, -0.15) is 0 Å². The molecular weight excluding hydrogens is 346 g/mol. The summed E-state index contributed by atoms with van der Waals surface area (Å²) in [6.45, 7) is 3.49. The van der Waals surface area contributed by atoms with Crippen LogP contribution in [0.1, 0.15) is 38.2 Å². The number of methoxy groups -OCH3 is 1. The number of hydrogen-bond acceptors (Lipinski definition) is 5. The quantitative estimate of drug-likeness (QED) is 0.819. The molecule has 1 saturated carbocycles. The molecule has 1 aliphatic heterocycles. The summed E-state index contributed by atoms with van der Waals surface area (Å²) >= 11 is 1.64. The van der Waals surface area contributed by atoms with E-state index in [0.29, 0.717) is 17.1 Å². The van der Waals surface area contributed by atoms with Crippen LogP contribution in [0.2, 0.25) is 0 Å². The van der Waals surface area contributed by atoms with E-state index in [4.69, 9.17) is 4.74 Å². The number of allylic oxidation sites excluding steroid dienone is 3. The minimum absolute atomic E-state index is 0.0217. The van der Waals surface area contributed by atoms with Crippen molar-refractivity contribution in [3.05, 3.63) is 57.7 Å². The van der Waals surface area contributed by atoms with E-state index in [2.05, 4.69) is 22.8 Å². The molecule has 0 saturated heterocycles. The highest BCUT2D eigenvalue weighted by Crippen LogP contribution is 2.48. The van der Waals surface area contributed by atoms with Crippen LogP contribution in [-0.2, 0) is 14.3 Å². The Labute approximate surface area is 156 Å². The average Bonchev–Trinajstić information content (AvgIpc) is 3.39. The maximum Gasteiger partial charge on any atom is 0.336 e. The van der Waals surface area contributed by atoms with E-state index in [1.54, 1.807) is 18.3 Å². The number of carbonyl (C=O) groups is 2. The van der Waals surface area contributed by atoms with E-state index in [1.165, 1.54) is 7.11 Å². The van der Waals surface area contributed by atoms with Crippen molar-refractivity contribution in [2.75, 3.05) is 7.11 Å². The van der Waals surface area contributed by atoms with Crippen LogP contribution in [0, 0.1) is 5.92 Å². The number of benzene rings is 1. The van der Waals surface area contributed by atoms with Gasteiger partial charge in [-0.05, 0) is 55.0 Å². The highest BCUT2D eigenvalue weighted by atomic mass is 32.1. The molecule has 4 rings (SSSR count). The number of esters is 1. The predicted molar refractivity (Wildman–Crippen MR) is 103 cm³/mol. The molecule has 1 unspecified atom stereocenters. The van der Waals surface area contributed by atoms with Crippen molar-refractivity contribution in [3.63, 3.8) is 0 Å². The fourth-order valence-electron chi connectivity index (χ4n) is 3.88. The van der Waals surface area contributed by atoms with Crippen LogP contribution in [-0.4, -0.2) is 18.9 Å². The number of fused-ring (bicyclic) bond motifs is 1. The number of hydrogen-bond donors (Lipinski definition) is 1. The maximum absolute atomic E-state index is 12.8. The van der Waals surface area contributed by atoms with Crippen LogP contribution in [0.5, 0.6) is 0 Å². The molecule has 4 nitrogen and oxygen atoms in total. The number of carbonyl (C=O) groups excluding carboxylic acids is 2. The van der Waals surface area contributed by atoms with Crippen molar-refractivity contribution in [1.82, 2.24) is 5.32 Å². The second-order valence-corrected chi connectivity index (χ2v) is 7.84. The number of ketones is 1. The zero-order valence-electron chi connectivity index (χ0n) is 15.1. The largest absolute Gasteiger partial charge is 0.466 e. The van der Waals surface area contributed by atoms with Crippen molar-refractivity contribution in [2.24, 2.45) is 5.92 Å². The van der Waals surface area contributed by atoms with Crippen molar-refractivity contribution in [2.45, 2.75) is 32.6 Å². The monoisotopic (exact) mass is 367 g/mol. The summed E-state index contributed by atoms with van der Waals surface area (Å²) in [6, 6.07) is 8.12. The number of rotatable bonds is 4. The number of ether oxygens (including phenoxy) is 1. The van der Waals surface area contributed by atoms with Gasteiger partial charge < -0.3 is 10.1 Å². The van der Waals surface area contributed by atoms with Crippen LogP contribution in [0.3, 0.4) is 0 Å². The second-order valence-electron chi connectivity index (χ2n) is 6.93. The van der Waals surface area contributed by atoms with Gasteiger partial charge in [-0.15, -0.1) is 11.3 Å². The minimum atomic E-state index is -0.382. The molecule has 1 atom stereocenters. The van der Waals surface area contributed by atoms with E-state index < -0.39 is 0 Å². The molecular formula is C21H21NO3S. The Morgan fingerprint density at radius 2 is 1.92 bits per heavy atom. The van der Waals surface area contributed by atoms with E-state index >= 15 is 0 Å². The summed E-state index contributed by atoms with van der Waals surface area (Å²) in [7, 11) is 1.40. The van der Waals surface area contributed by atoms with E-state index in [-0.39, 0.29) is 17.7 Å². The molecule has 1 aliphatic carbocycles. The Kier molecular flexibility index (Phi) is 4.19. The van der Waals surface area contributed by atoms with Crippen LogP contribution in [0.25, 0.3) is 10.1 Å². The van der Waals surface area contributed by atoms with Gasteiger partial charge in [-0.25, -0.2) is 4.79 Å². The number of nitrogens with one attached hydrogen (secondary N) is 1. The lowest BCUT2D eigenvalue weighted by Crippen LogP contribution is -2.32. The molecule has 5 heteroatoms.